The molecular weight excluding hydrogens is 505 g/mol. The summed E-state index contributed by atoms with van der Waals surface area (Å²) in [5, 5.41) is 0. The lowest BCUT2D eigenvalue weighted by Gasteiger charge is -2.07. The average Bonchev–Trinajstić information content (AvgIpc) is 3.37. The van der Waals surface area contributed by atoms with E-state index in [0.717, 1.165) is 40.4 Å². The number of aryl methyl sites for hydroxylation is 1. The minimum atomic E-state index is -4.36. The van der Waals surface area contributed by atoms with Crippen LogP contribution in [0.5, 0.6) is 5.75 Å². The summed E-state index contributed by atoms with van der Waals surface area (Å²) in [5.41, 5.74) is 3.68. The molecule has 39 heavy (non-hydrogen) atoms. The van der Waals surface area contributed by atoms with Crippen molar-refractivity contribution in [3.63, 3.8) is 0 Å². The van der Waals surface area contributed by atoms with Crippen molar-refractivity contribution in [3.05, 3.63) is 95.9 Å². The molecule has 0 N–H and O–H groups in total. The van der Waals surface area contributed by atoms with Gasteiger partial charge in [0.25, 0.3) is 0 Å². The molecule has 1 aromatic heterocycles. The number of nitrogens with zero attached hydrogens (tertiary/aromatic N) is 2. The molecule has 4 rings (SSSR count). The van der Waals surface area contributed by atoms with Crippen LogP contribution in [0, 0.1) is 0 Å². The Hall–Kier alpha value is -4.33. The molecule has 0 aliphatic heterocycles. The van der Waals surface area contributed by atoms with Crippen LogP contribution in [0.15, 0.2) is 79.0 Å². The van der Waals surface area contributed by atoms with E-state index in [4.69, 9.17) is 4.74 Å². The zero-order valence-electron chi connectivity index (χ0n) is 21.7. The molecule has 202 valence electrons. The third-order valence-corrected chi connectivity index (χ3v) is 6.20. The SMILES string of the molecule is CCn1cc(-c2ccc(C(F)(F)F)cc2)nc1C=Cc1ccc(-c2ccc(OCCCC(=O)OC)cc2)cc1. The molecule has 0 saturated carbocycles. The zero-order chi connectivity index (χ0) is 27.8. The molecule has 0 saturated heterocycles. The lowest BCUT2D eigenvalue weighted by molar-refractivity contribution is -0.141. The molecule has 0 aliphatic carbocycles. The lowest BCUT2D eigenvalue weighted by atomic mass is 10.0. The van der Waals surface area contributed by atoms with Crippen molar-refractivity contribution in [1.82, 2.24) is 9.55 Å². The van der Waals surface area contributed by atoms with Gasteiger partial charge in [0.2, 0.25) is 0 Å². The molecule has 1 heterocycles. The Kier molecular flexibility index (Phi) is 8.86. The van der Waals surface area contributed by atoms with Crippen molar-refractivity contribution < 1.29 is 27.4 Å². The van der Waals surface area contributed by atoms with Crippen LogP contribution in [-0.4, -0.2) is 29.2 Å². The standard InChI is InChI=1S/C31H29F3N2O3/c1-3-36-21-28(25-11-15-26(16-12-25)31(32,33)34)35-29(36)19-8-22-6-9-23(10-7-22)24-13-17-27(18-14-24)39-20-4-5-30(37)38-2/h6-19,21H,3-5,20H2,1-2H3. The molecule has 3 aromatic carbocycles. The van der Waals surface area contributed by atoms with Gasteiger partial charge in [0, 0.05) is 24.7 Å². The van der Waals surface area contributed by atoms with Gasteiger partial charge in [-0.05, 0) is 60.4 Å². The molecular formula is C31H29F3N2O3. The quantitative estimate of drug-likeness (QED) is 0.154. The minimum Gasteiger partial charge on any atom is -0.494 e. The maximum Gasteiger partial charge on any atom is 0.416 e. The van der Waals surface area contributed by atoms with E-state index in [1.54, 1.807) is 0 Å². The average molecular weight is 535 g/mol. The van der Waals surface area contributed by atoms with Crippen LogP contribution in [-0.2, 0) is 22.3 Å². The van der Waals surface area contributed by atoms with Crippen molar-refractivity contribution in [2.75, 3.05) is 13.7 Å². The van der Waals surface area contributed by atoms with Gasteiger partial charge >= 0.3 is 12.1 Å². The van der Waals surface area contributed by atoms with Crippen LogP contribution in [0.2, 0.25) is 0 Å². The minimum absolute atomic E-state index is 0.245. The first kappa shape index (κ1) is 27.7. The Bertz CT molecular complexity index is 1410. The fraction of sp³-hybridized carbons (Fsp3) is 0.226. The van der Waals surface area contributed by atoms with Crippen LogP contribution < -0.4 is 4.74 Å². The molecule has 0 atom stereocenters. The van der Waals surface area contributed by atoms with E-state index in [-0.39, 0.29) is 5.97 Å². The number of hydrogen-bond donors (Lipinski definition) is 0. The van der Waals surface area contributed by atoms with Gasteiger partial charge in [-0.3, -0.25) is 4.79 Å². The van der Waals surface area contributed by atoms with E-state index >= 15 is 0 Å². The van der Waals surface area contributed by atoms with Gasteiger partial charge in [-0.2, -0.15) is 13.2 Å². The second kappa shape index (κ2) is 12.5. The van der Waals surface area contributed by atoms with Crippen LogP contribution in [0.25, 0.3) is 34.5 Å². The Labute approximate surface area is 225 Å². The van der Waals surface area contributed by atoms with E-state index in [9.17, 15) is 18.0 Å². The molecule has 0 aliphatic rings. The Morgan fingerprint density at radius 2 is 1.51 bits per heavy atom. The first-order valence-corrected chi connectivity index (χ1v) is 12.6. The van der Waals surface area contributed by atoms with Crippen molar-refractivity contribution in [2.24, 2.45) is 0 Å². The first-order chi connectivity index (χ1) is 18.8. The monoisotopic (exact) mass is 534 g/mol. The Morgan fingerprint density at radius 1 is 0.897 bits per heavy atom. The van der Waals surface area contributed by atoms with E-state index in [0.29, 0.717) is 37.3 Å². The van der Waals surface area contributed by atoms with Crippen molar-refractivity contribution in [2.45, 2.75) is 32.5 Å². The van der Waals surface area contributed by atoms with Gasteiger partial charge in [-0.25, -0.2) is 4.98 Å². The summed E-state index contributed by atoms with van der Waals surface area (Å²) in [5.74, 6) is 1.22. The maximum absolute atomic E-state index is 12.9. The predicted molar refractivity (Wildman–Crippen MR) is 146 cm³/mol. The molecule has 0 spiro atoms. The van der Waals surface area contributed by atoms with E-state index < -0.39 is 11.7 Å². The van der Waals surface area contributed by atoms with Gasteiger partial charge in [0.1, 0.15) is 11.6 Å². The first-order valence-electron chi connectivity index (χ1n) is 12.6. The lowest BCUT2D eigenvalue weighted by Crippen LogP contribution is -2.04. The van der Waals surface area contributed by atoms with Gasteiger partial charge < -0.3 is 14.0 Å². The normalized spacial score (nSPS) is 11.6. The molecule has 5 nitrogen and oxygen atoms in total. The van der Waals surface area contributed by atoms with Crippen molar-refractivity contribution >= 4 is 18.1 Å². The smallest absolute Gasteiger partial charge is 0.416 e. The molecule has 0 amide bonds. The molecule has 0 radical (unpaired) electrons. The number of halogens is 3. The van der Waals surface area contributed by atoms with Crippen molar-refractivity contribution in [3.8, 4) is 28.1 Å². The van der Waals surface area contributed by atoms with Gasteiger partial charge in [-0.1, -0.05) is 54.6 Å². The number of hydrogen-bond acceptors (Lipinski definition) is 4. The summed E-state index contributed by atoms with van der Waals surface area (Å²) in [7, 11) is 1.37. The molecule has 0 bridgehead atoms. The number of benzene rings is 3. The number of carbonyl (C=O) groups is 1. The Balaban J connectivity index is 1.39. The number of imidazole rings is 1. The highest BCUT2D eigenvalue weighted by Crippen LogP contribution is 2.31. The van der Waals surface area contributed by atoms with Crippen LogP contribution in [0.3, 0.4) is 0 Å². The van der Waals surface area contributed by atoms with Gasteiger partial charge in [0.15, 0.2) is 0 Å². The molecule has 0 fully saturated rings. The largest absolute Gasteiger partial charge is 0.494 e. The van der Waals surface area contributed by atoms with Gasteiger partial charge in [0.05, 0.1) is 25.0 Å². The molecule has 0 unspecified atom stereocenters. The molecule has 8 heteroatoms. The third-order valence-electron chi connectivity index (χ3n) is 6.20. The molecule has 4 aromatic rings. The number of ether oxygens (including phenoxy) is 2. The van der Waals surface area contributed by atoms with Crippen LogP contribution >= 0.6 is 0 Å². The highest BCUT2D eigenvalue weighted by Gasteiger charge is 2.30. The van der Waals surface area contributed by atoms with E-state index in [1.165, 1.54) is 19.2 Å². The summed E-state index contributed by atoms with van der Waals surface area (Å²) in [4.78, 5) is 15.8. The zero-order valence-corrected chi connectivity index (χ0v) is 21.7. The second-order valence-corrected chi connectivity index (χ2v) is 8.85. The maximum atomic E-state index is 12.9. The summed E-state index contributed by atoms with van der Waals surface area (Å²) in [6.07, 6.45) is 2.26. The number of methoxy groups -OCH3 is 1. The Morgan fingerprint density at radius 3 is 2.10 bits per heavy atom. The topological polar surface area (TPSA) is 53.4 Å². The van der Waals surface area contributed by atoms with E-state index in [1.807, 2.05) is 78.4 Å². The summed E-state index contributed by atoms with van der Waals surface area (Å²) in [6, 6.07) is 20.9. The summed E-state index contributed by atoms with van der Waals surface area (Å²) < 4.78 is 50.9. The highest BCUT2D eigenvalue weighted by molar-refractivity contribution is 5.72. The third kappa shape index (κ3) is 7.37. The predicted octanol–water partition coefficient (Wildman–Crippen LogP) is 7.76. The fourth-order valence-electron chi connectivity index (χ4n) is 4.00. The number of rotatable bonds is 10. The van der Waals surface area contributed by atoms with Crippen LogP contribution in [0.4, 0.5) is 13.2 Å². The summed E-state index contributed by atoms with van der Waals surface area (Å²) >= 11 is 0. The van der Waals surface area contributed by atoms with Crippen molar-refractivity contribution in [1.29, 1.82) is 0 Å². The van der Waals surface area contributed by atoms with Gasteiger partial charge in [-0.15, -0.1) is 0 Å². The number of esters is 1. The summed E-state index contributed by atoms with van der Waals surface area (Å²) in [6.45, 7) is 3.11. The van der Waals surface area contributed by atoms with Crippen LogP contribution in [0.1, 0.15) is 36.7 Å². The number of alkyl halides is 3. The highest BCUT2D eigenvalue weighted by atomic mass is 19.4. The number of aromatic nitrogens is 2. The van der Waals surface area contributed by atoms with E-state index in [2.05, 4.69) is 9.72 Å². The number of carbonyl (C=O) groups excluding carboxylic acids is 1. The fourth-order valence-corrected chi connectivity index (χ4v) is 4.00. The second-order valence-electron chi connectivity index (χ2n) is 8.85.